The van der Waals surface area contributed by atoms with Crippen molar-refractivity contribution >= 4 is 10.8 Å². The van der Waals surface area contributed by atoms with Crippen molar-refractivity contribution in [1.82, 2.24) is 4.98 Å². The minimum Gasteiger partial charge on any atom is -0.385 e. The lowest BCUT2D eigenvalue weighted by Gasteiger charge is -2.40. The van der Waals surface area contributed by atoms with Crippen LogP contribution in [0.2, 0.25) is 0 Å². The van der Waals surface area contributed by atoms with Crippen LogP contribution in [0.4, 0.5) is 0 Å². The van der Waals surface area contributed by atoms with Crippen molar-refractivity contribution in [3.05, 3.63) is 42.2 Å². The Bertz CT molecular complexity index is 577. The molecule has 2 nitrogen and oxygen atoms in total. The fourth-order valence-electron chi connectivity index (χ4n) is 3.84. The Kier molecular flexibility index (Phi) is 3.06. The molecule has 1 N–H and O–H groups in total. The molecule has 0 spiro atoms. The zero-order valence-electron chi connectivity index (χ0n) is 11.6. The monoisotopic (exact) mass is 255 g/mol. The third-order valence-corrected chi connectivity index (χ3v) is 4.36. The highest BCUT2D eigenvalue weighted by Gasteiger charge is 2.38. The summed E-state index contributed by atoms with van der Waals surface area (Å²) in [7, 11) is 0. The van der Waals surface area contributed by atoms with Crippen molar-refractivity contribution in [2.24, 2.45) is 11.8 Å². The Hall–Kier alpha value is -1.41. The number of hydrogen-bond acceptors (Lipinski definition) is 2. The molecule has 19 heavy (non-hydrogen) atoms. The predicted molar refractivity (Wildman–Crippen MR) is 77.8 cm³/mol. The van der Waals surface area contributed by atoms with Crippen LogP contribution in [-0.2, 0) is 5.60 Å². The number of aromatic nitrogens is 1. The lowest BCUT2D eigenvalue weighted by molar-refractivity contribution is -0.0350. The molecule has 0 aliphatic heterocycles. The van der Waals surface area contributed by atoms with Crippen molar-refractivity contribution in [1.29, 1.82) is 0 Å². The van der Waals surface area contributed by atoms with Gasteiger partial charge in [0.25, 0.3) is 0 Å². The summed E-state index contributed by atoms with van der Waals surface area (Å²) in [6.45, 7) is 4.49. The van der Waals surface area contributed by atoms with Crippen molar-refractivity contribution in [2.75, 3.05) is 0 Å². The van der Waals surface area contributed by atoms with Crippen LogP contribution in [0.15, 0.2) is 36.7 Å². The fraction of sp³-hybridized carbons (Fsp3) is 0.471. The van der Waals surface area contributed by atoms with Gasteiger partial charge in [0.05, 0.1) is 5.60 Å². The number of benzene rings is 1. The number of nitrogens with zero attached hydrogens (tertiary/aromatic N) is 1. The Balaban J connectivity index is 2.12. The summed E-state index contributed by atoms with van der Waals surface area (Å²) >= 11 is 0. The molecular formula is C17H21NO. The number of pyridine rings is 1. The first-order valence-electron chi connectivity index (χ1n) is 7.14. The Morgan fingerprint density at radius 2 is 1.89 bits per heavy atom. The third kappa shape index (κ3) is 2.25. The molecule has 0 saturated heterocycles. The molecule has 1 aromatic heterocycles. The summed E-state index contributed by atoms with van der Waals surface area (Å²) in [6, 6.07) is 8.19. The molecule has 0 radical (unpaired) electrons. The van der Waals surface area contributed by atoms with E-state index in [1.807, 2.05) is 24.5 Å². The Labute approximate surface area is 114 Å². The summed E-state index contributed by atoms with van der Waals surface area (Å²) in [6.07, 6.45) is 6.62. The van der Waals surface area contributed by atoms with Crippen LogP contribution in [-0.4, -0.2) is 10.1 Å². The second kappa shape index (κ2) is 4.61. The summed E-state index contributed by atoms with van der Waals surface area (Å²) in [5.74, 6) is 1.15. The number of hydrogen-bond donors (Lipinski definition) is 1. The van der Waals surface area contributed by atoms with Gasteiger partial charge >= 0.3 is 0 Å². The van der Waals surface area contributed by atoms with E-state index in [1.54, 1.807) is 0 Å². The lowest BCUT2D eigenvalue weighted by Crippen LogP contribution is -2.35. The highest BCUT2D eigenvalue weighted by Crippen LogP contribution is 2.44. The van der Waals surface area contributed by atoms with Gasteiger partial charge in [0, 0.05) is 17.8 Å². The smallest absolute Gasteiger partial charge is 0.0907 e. The lowest BCUT2D eigenvalue weighted by atomic mass is 9.70. The molecule has 3 rings (SSSR count). The molecule has 1 saturated carbocycles. The second-order valence-corrected chi connectivity index (χ2v) is 6.29. The highest BCUT2D eigenvalue weighted by molar-refractivity contribution is 5.85. The van der Waals surface area contributed by atoms with E-state index in [2.05, 4.69) is 31.0 Å². The van der Waals surface area contributed by atoms with Gasteiger partial charge in [0.2, 0.25) is 0 Å². The number of fused-ring (bicyclic) bond motifs is 1. The molecule has 1 heterocycles. The highest BCUT2D eigenvalue weighted by atomic mass is 16.3. The first-order valence-corrected chi connectivity index (χ1v) is 7.14. The van der Waals surface area contributed by atoms with E-state index in [-0.39, 0.29) is 0 Å². The molecule has 100 valence electrons. The van der Waals surface area contributed by atoms with Gasteiger partial charge in [0.15, 0.2) is 0 Å². The molecule has 0 bridgehead atoms. The first kappa shape index (κ1) is 12.6. The van der Waals surface area contributed by atoms with Gasteiger partial charge in [-0.3, -0.25) is 4.98 Å². The van der Waals surface area contributed by atoms with Gasteiger partial charge in [-0.25, -0.2) is 0 Å². The largest absolute Gasteiger partial charge is 0.385 e. The minimum atomic E-state index is -0.683. The Morgan fingerprint density at radius 1 is 1.16 bits per heavy atom. The minimum absolute atomic E-state index is 0.575. The topological polar surface area (TPSA) is 33.1 Å². The third-order valence-electron chi connectivity index (χ3n) is 4.36. The molecule has 1 fully saturated rings. The van der Waals surface area contributed by atoms with Crippen LogP contribution in [0.25, 0.3) is 10.8 Å². The maximum Gasteiger partial charge on any atom is 0.0907 e. The summed E-state index contributed by atoms with van der Waals surface area (Å²) in [4.78, 5) is 4.17. The van der Waals surface area contributed by atoms with Crippen LogP contribution >= 0.6 is 0 Å². The SMILES string of the molecule is CC1CC(C)CC(O)(c2cccc3cnccc23)C1. The molecule has 1 aliphatic carbocycles. The van der Waals surface area contributed by atoms with Gasteiger partial charge in [-0.1, -0.05) is 32.0 Å². The van der Waals surface area contributed by atoms with E-state index in [9.17, 15) is 5.11 Å². The van der Waals surface area contributed by atoms with Crippen molar-refractivity contribution < 1.29 is 5.11 Å². The van der Waals surface area contributed by atoms with Crippen LogP contribution in [0.3, 0.4) is 0 Å². The molecular weight excluding hydrogens is 234 g/mol. The van der Waals surface area contributed by atoms with Gasteiger partial charge in [0.1, 0.15) is 0 Å². The van der Waals surface area contributed by atoms with E-state index in [0.29, 0.717) is 11.8 Å². The van der Waals surface area contributed by atoms with Crippen molar-refractivity contribution in [3.8, 4) is 0 Å². The Morgan fingerprint density at radius 3 is 2.63 bits per heavy atom. The van der Waals surface area contributed by atoms with E-state index in [4.69, 9.17) is 0 Å². The number of aliphatic hydroxyl groups is 1. The maximum absolute atomic E-state index is 11.2. The quantitative estimate of drug-likeness (QED) is 0.839. The predicted octanol–water partition coefficient (Wildman–Crippen LogP) is 3.88. The van der Waals surface area contributed by atoms with Crippen molar-refractivity contribution in [2.45, 2.75) is 38.7 Å². The number of rotatable bonds is 1. The zero-order valence-corrected chi connectivity index (χ0v) is 11.6. The van der Waals surface area contributed by atoms with Crippen molar-refractivity contribution in [3.63, 3.8) is 0 Å². The average molecular weight is 255 g/mol. The summed E-state index contributed by atoms with van der Waals surface area (Å²) < 4.78 is 0. The molecule has 2 heteroatoms. The summed E-state index contributed by atoms with van der Waals surface area (Å²) in [5.41, 5.74) is 0.392. The van der Waals surface area contributed by atoms with Gasteiger partial charge < -0.3 is 5.11 Å². The van der Waals surface area contributed by atoms with E-state index >= 15 is 0 Å². The molecule has 2 unspecified atom stereocenters. The maximum atomic E-state index is 11.2. The average Bonchev–Trinajstić information content (AvgIpc) is 2.36. The molecule has 0 amide bonds. The molecule has 2 atom stereocenters. The van der Waals surface area contributed by atoms with E-state index < -0.39 is 5.60 Å². The first-order chi connectivity index (χ1) is 9.08. The van der Waals surface area contributed by atoms with E-state index in [1.165, 1.54) is 6.42 Å². The van der Waals surface area contributed by atoms with Gasteiger partial charge in [-0.05, 0) is 48.1 Å². The van der Waals surface area contributed by atoms with Crippen LogP contribution in [0, 0.1) is 11.8 Å². The summed E-state index contributed by atoms with van der Waals surface area (Å²) in [5, 5.41) is 13.4. The molecule has 1 aromatic carbocycles. The molecule has 2 aromatic rings. The van der Waals surface area contributed by atoms with Gasteiger partial charge in [-0.2, -0.15) is 0 Å². The zero-order chi connectivity index (χ0) is 13.5. The fourth-order valence-corrected chi connectivity index (χ4v) is 3.84. The molecule has 1 aliphatic rings. The normalized spacial score (nSPS) is 31.5. The van der Waals surface area contributed by atoms with E-state index in [0.717, 1.165) is 29.2 Å². The van der Waals surface area contributed by atoms with Crippen LogP contribution < -0.4 is 0 Å². The standard InChI is InChI=1S/C17H21NO/c1-12-8-13(2)10-17(19,9-12)16-5-3-4-14-11-18-7-6-15(14)16/h3-7,11-13,19H,8-10H2,1-2H3. The second-order valence-electron chi connectivity index (χ2n) is 6.29. The van der Waals surface area contributed by atoms with Crippen LogP contribution in [0.5, 0.6) is 0 Å². The van der Waals surface area contributed by atoms with Crippen LogP contribution in [0.1, 0.15) is 38.7 Å². The van der Waals surface area contributed by atoms with Gasteiger partial charge in [-0.15, -0.1) is 0 Å².